The van der Waals surface area contributed by atoms with Gasteiger partial charge in [0.1, 0.15) is 4.90 Å². The van der Waals surface area contributed by atoms with Crippen LogP contribution in [0.4, 0.5) is 0 Å². The van der Waals surface area contributed by atoms with Crippen molar-refractivity contribution < 1.29 is 23.8 Å². The number of benzene rings is 1. The first-order chi connectivity index (χ1) is 16.2. The van der Waals surface area contributed by atoms with Gasteiger partial charge in [0.15, 0.2) is 0 Å². The fourth-order valence-corrected chi connectivity index (χ4v) is 6.48. The van der Waals surface area contributed by atoms with Crippen molar-refractivity contribution in [3.8, 4) is 0 Å². The van der Waals surface area contributed by atoms with E-state index in [1.807, 2.05) is 30.3 Å². The minimum absolute atomic E-state index is 0.182. The standard InChI is InChI=1S/C27H45NO5P2/c1-23(2)12-10-13-24(3)14-11-15-25(4)18-19-28(22-26-16-8-7-9-17-26)20-21-34(29,30)27(5,6)35(31,32)33/h7-9,12,14,16-18H,10-11,13,15,19-22H2,1-6H3,(H,29,30)(H2,31,32,33)/b24-14+,25-18+. The van der Waals surface area contributed by atoms with E-state index >= 15 is 0 Å². The van der Waals surface area contributed by atoms with Crippen molar-refractivity contribution in [2.24, 2.45) is 0 Å². The van der Waals surface area contributed by atoms with E-state index in [9.17, 15) is 23.8 Å². The van der Waals surface area contributed by atoms with Crippen LogP contribution in [-0.2, 0) is 15.7 Å². The van der Waals surface area contributed by atoms with E-state index in [1.165, 1.54) is 30.6 Å². The molecule has 1 unspecified atom stereocenters. The summed E-state index contributed by atoms with van der Waals surface area (Å²) in [6.45, 7) is 12.3. The average molecular weight is 526 g/mol. The molecule has 0 amide bonds. The Kier molecular flexibility index (Phi) is 13.1. The van der Waals surface area contributed by atoms with Crippen molar-refractivity contribution in [3.63, 3.8) is 0 Å². The molecule has 0 aliphatic rings. The summed E-state index contributed by atoms with van der Waals surface area (Å²) in [6, 6.07) is 9.86. The van der Waals surface area contributed by atoms with Gasteiger partial charge in [0.05, 0.1) is 0 Å². The second-order valence-electron chi connectivity index (χ2n) is 10.1. The molecule has 0 bridgehead atoms. The lowest BCUT2D eigenvalue weighted by atomic mass is 10.1. The highest BCUT2D eigenvalue weighted by Gasteiger charge is 2.52. The molecule has 1 aromatic carbocycles. The molecule has 198 valence electrons. The molecule has 0 spiro atoms. The second kappa shape index (κ2) is 14.5. The molecule has 3 N–H and O–H groups in total. The highest BCUT2D eigenvalue weighted by Crippen LogP contribution is 2.70. The Morgan fingerprint density at radius 1 is 0.886 bits per heavy atom. The molecule has 0 aliphatic heterocycles. The average Bonchev–Trinajstić information content (AvgIpc) is 2.75. The summed E-state index contributed by atoms with van der Waals surface area (Å²) >= 11 is 0. The van der Waals surface area contributed by atoms with Crippen LogP contribution in [0.1, 0.15) is 72.8 Å². The lowest BCUT2D eigenvalue weighted by Crippen LogP contribution is -2.30. The first-order valence-corrected chi connectivity index (χ1v) is 15.7. The molecule has 1 aromatic rings. The molecule has 0 saturated carbocycles. The zero-order valence-electron chi connectivity index (χ0n) is 22.3. The molecule has 1 atom stereocenters. The maximum atomic E-state index is 12.9. The van der Waals surface area contributed by atoms with Crippen LogP contribution in [0.2, 0.25) is 0 Å². The minimum atomic E-state index is -4.73. The monoisotopic (exact) mass is 525 g/mol. The van der Waals surface area contributed by atoms with Gasteiger partial charge in [-0.05, 0) is 72.8 Å². The lowest BCUT2D eigenvalue weighted by molar-refractivity contribution is 0.304. The van der Waals surface area contributed by atoms with Crippen LogP contribution in [-0.4, -0.2) is 43.7 Å². The van der Waals surface area contributed by atoms with Gasteiger partial charge in [-0.1, -0.05) is 65.3 Å². The molecule has 0 aromatic heterocycles. The van der Waals surface area contributed by atoms with Crippen molar-refractivity contribution in [3.05, 3.63) is 70.8 Å². The molecular formula is C27H45NO5P2. The van der Waals surface area contributed by atoms with Gasteiger partial charge in [-0.3, -0.25) is 14.0 Å². The van der Waals surface area contributed by atoms with Gasteiger partial charge in [0.25, 0.3) is 0 Å². The third-order valence-electron chi connectivity index (χ3n) is 6.36. The van der Waals surface area contributed by atoms with Gasteiger partial charge >= 0.3 is 7.60 Å². The van der Waals surface area contributed by atoms with Gasteiger partial charge < -0.3 is 14.7 Å². The van der Waals surface area contributed by atoms with Gasteiger partial charge in [-0.2, -0.15) is 0 Å². The van der Waals surface area contributed by atoms with Crippen molar-refractivity contribution in [1.29, 1.82) is 0 Å². The topological polar surface area (TPSA) is 98.1 Å². The van der Waals surface area contributed by atoms with Gasteiger partial charge in [0.2, 0.25) is 7.37 Å². The number of allylic oxidation sites excluding steroid dienone is 5. The summed E-state index contributed by atoms with van der Waals surface area (Å²) in [5, 5.41) is 0. The molecule has 1 rings (SSSR count). The number of rotatable bonds is 15. The van der Waals surface area contributed by atoms with E-state index in [4.69, 9.17) is 0 Å². The van der Waals surface area contributed by atoms with Crippen LogP contribution in [0.5, 0.6) is 0 Å². The third kappa shape index (κ3) is 11.6. The summed E-state index contributed by atoms with van der Waals surface area (Å²) in [7, 11) is -8.84. The highest BCUT2D eigenvalue weighted by molar-refractivity contribution is 7.75. The molecular weight excluding hydrogens is 480 g/mol. The summed E-state index contributed by atoms with van der Waals surface area (Å²) in [5.41, 5.74) is 5.07. The van der Waals surface area contributed by atoms with E-state index in [1.54, 1.807) is 0 Å². The van der Waals surface area contributed by atoms with E-state index in [-0.39, 0.29) is 12.7 Å². The highest BCUT2D eigenvalue weighted by atomic mass is 31.2. The van der Waals surface area contributed by atoms with E-state index in [2.05, 4.69) is 50.8 Å². The van der Waals surface area contributed by atoms with Crippen LogP contribution in [0.15, 0.2) is 65.3 Å². The minimum Gasteiger partial charge on any atom is -0.343 e. The van der Waals surface area contributed by atoms with Crippen molar-refractivity contribution in [2.45, 2.75) is 78.7 Å². The van der Waals surface area contributed by atoms with E-state index < -0.39 is 19.9 Å². The lowest BCUT2D eigenvalue weighted by Gasteiger charge is -2.32. The first-order valence-electron chi connectivity index (χ1n) is 12.2. The number of nitrogens with zero attached hydrogens (tertiary/aromatic N) is 1. The maximum absolute atomic E-state index is 12.9. The first kappa shape index (κ1) is 31.8. The zero-order chi connectivity index (χ0) is 26.7. The van der Waals surface area contributed by atoms with Crippen molar-refractivity contribution >= 4 is 15.0 Å². The smallest absolute Gasteiger partial charge is 0.340 e. The summed E-state index contributed by atoms with van der Waals surface area (Å²) in [6.07, 6.45) is 10.6. The molecule has 8 heteroatoms. The van der Waals surface area contributed by atoms with Crippen LogP contribution in [0, 0.1) is 0 Å². The Morgan fingerprint density at radius 2 is 1.43 bits per heavy atom. The maximum Gasteiger partial charge on any atom is 0.340 e. The predicted molar refractivity (Wildman–Crippen MR) is 148 cm³/mol. The number of hydrogen-bond donors (Lipinski definition) is 3. The Bertz CT molecular complexity index is 973. The van der Waals surface area contributed by atoms with Crippen LogP contribution in [0.25, 0.3) is 0 Å². The normalized spacial score (nSPS) is 15.3. The summed E-state index contributed by atoms with van der Waals surface area (Å²) in [5.74, 6) is 0. The van der Waals surface area contributed by atoms with Crippen molar-refractivity contribution in [2.75, 3.05) is 19.3 Å². The quantitative estimate of drug-likeness (QED) is 0.167. The molecule has 0 radical (unpaired) electrons. The van der Waals surface area contributed by atoms with E-state index in [0.29, 0.717) is 13.1 Å². The van der Waals surface area contributed by atoms with Crippen LogP contribution in [0.3, 0.4) is 0 Å². The molecule has 0 aliphatic carbocycles. The molecule has 0 heterocycles. The predicted octanol–water partition coefficient (Wildman–Crippen LogP) is 7.09. The molecule has 35 heavy (non-hydrogen) atoms. The van der Waals surface area contributed by atoms with E-state index in [0.717, 1.165) is 31.2 Å². The van der Waals surface area contributed by atoms with Crippen LogP contribution >= 0.6 is 15.0 Å². The SMILES string of the molecule is CC(C)=CCC/C(C)=C/CC/C(C)=C/CN(CCP(=O)(O)C(C)(C)P(=O)(O)O)Cc1ccccc1. The third-order valence-corrected chi connectivity index (χ3v) is 12.0. The van der Waals surface area contributed by atoms with Crippen molar-refractivity contribution in [1.82, 2.24) is 4.90 Å². The molecule has 0 fully saturated rings. The summed E-state index contributed by atoms with van der Waals surface area (Å²) < 4.78 is 24.7. The molecule has 0 saturated heterocycles. The fourth-order valence-electron chi connectivity index (χ4n) is 3.45. The second-order valence-corrected chi connectivity index (χ2v) is 15.7. The van der Waals surface area contributed by atoms with Gasteiger partial charge in [-0.15, -0.1) is 0 Å². The number of hydrogen-bond acceptors (Lipinski definition) is 3. The Labute approximate surface area is 212 Å². The Hall–Kier alpha value is -1.26. The van der Waals surface area contributed by atoms with Crippen LogP contribution < -0.4 is 0 Å². The van der Waals surface area contributed by atoms with Gasteiger partial charge in [0, 0.05) is 25.8 Å². The Morgan fingerprint density at radius 3 is 1.97 bits per heavy atom. The molecule has 6 nitrogen and oxygen atoms in total. The largest absolute Gasteiger partial charge is 0.343 e. The summed E-state index contributed by atoms with van der Waals surface area (Å²) in [4.78, 5) is 29.8. The Balaban J connectivity index is 2.81. The fraction of sp³-hybridized carbons (Fsp3) is 0.556. The van der Waals surface area contributed by atoms with Gasteiger partial charge in [-0.25, -0.2) is 0 Å². The zero-order valence-corrected chi connectivity index (χ0v) is 24.1.